The summed E-state index contributed by atoms with van der Waals surface area (Å²) in [5, 5.41) is 0. The fourth-order valence-corrected chi connectivity index (χ4v) is 6.20. The van der Waals surface area contributed by atoms with Crippen molar-refractivity contribution in [3.05, 3.63) is 93.1 Å². The van der Waals surface area contributed by atoms with Crippen LogP contribution < -0.4 is 20.1 Å². The summed E-state index contributed by atoms with van der Waals surface area (Å²) in [4.78, 5) is 38.5. The van der Waals surface area contributed by atoms with Crippen molar-refractivity contribution < 1.29 is 13.9 Å². The highest BCUT2D eigenvalue weighted by atomic mass is 32.2. The number of thioether (sulfide) groups is 1. The molecular formula is C29H27N5O4S2. The number of carbonyl (C=O) groups excluding carboxylic acids is 1. The largest absolute Gasteiger partial charge is 0.497 e. The number of hydrogen-bond donors (Lipinski definition) is 0. The molecule has 0 N–H and O–H groups in total. The van der Waals surface area contributed by atoms with Gasteiger partial charge in [0.05, 0.1) is 30.4 Å². The molecule has 2 aliphatic heterocycles. The van der Waals surface area contributed by atoms with E-state index in [-0.39, 0.29) is 18.0 Å². The van der Waals surface area contributed by atoms with E-state index in [1.807, 2.05) is 31.2 Å². The van der Waals surface area contributed by atoms with Gasteiger partial charge in [-0.3, -0.25) is 18.9 Å². The van der Waals surface area contributed by atoms with Gasteiger partial charge in [-0.25, -0.2) is 4.98 Å². The Morgan fingerprint density at radius 3 is 2.50 bits per heavy atom. The zero-order valence-electron chi connectivity index (χ0n) is 22.1. The quantitative estimate of drug-likeness (QED) is 0.247. The molecule has 0 unspecified atom stereocenters. The second kappa shape index (κ2) is 10.8. The molecule has 0 aliphatic carbocycles. The van der Waals surface area contributed by atoms with Crippen molar-refractivity contribution in [2.75, 3.05) is 43.1 Å². The van der Waals surface area contributed by atoms with Crippen molar-refractivity contribution in [2.24, 2.45) is 0 Å². The van der Waals surface area contributed by atoms with Gasteiger partial charge in [0.15, 0.2) is 0 Å². The van der Waals surface area contributed by atoms with E-state index in [0.717, 1.165) is 30.1 Å². The molecule has 2 aliphatic rings. The number of thiocarbonyl (C=S) groups is 1. The minimum absolute atomic E-state index is 0.224. The van der Waals surface area contributed by atoms with E-state index in [4.69, 9.17) is 26.4 Å². The van der Waals surface area contributed by atoms with E-state index >= 15 is 0 Å². The van der Waals surface area contributed by atoms with Crippen LogP contribution in [-0.4, -0.2) is 57.8 Å². The number of anilines is 2. The summed E-state index contributed by atoms with van der Waals surface area (Å²) in [7, 11) is 1.66. The number of pyridine rings is 1. The number of aromatic nitrogens is 2. The first-order valence-electron chi connectivity index (χ1n) is 12.9. The van der Waals surface area contributed by atoms with E-state index in [1.54, 1.807) is 42.2 Å². The van der Waals surface area contributed by atoms with Crippen LogP contribution in [0.4, 0.5) is 11.5 Å². The number of carbonyl (C=O) groups is 1. The third-order valence-electron chi connectivity index (χ3n) is 7.12. The van der Waals surface area contributed by atoms with Crippen molar-refractivity contribution in [1.82, 2.24) is 14.3 Å². The van der Waals surface area contributed by atoms with Gasteiger partial charge in [-0.15, -0.1) is 0 Å². The lowest BCUT2D eigenvalue weighted by molar-refractivity contribution is -0.122. The lowest BCUT2D eigenvalue weighted by Gasteiger charge is -2.37. The molecule has 0 atom stereocenters. The zero-order chi connectivity index (χ0) is 27.8. The fourth-order valence-electron chi connectivity index (χ4n) is 4.96. The highest BCUT2D eigenvalue weighted by Crippen LogP contribution is 2.35. The number of aryl methyl sites for hydroxylation is 1. The van der Waals surface area contributed by atoms with Crippen molar-refractivity contribution in [3.63, 3.8) is 0 Å². The van der Waals surface area contributed by atoms with Crippen molar-refractivity contribution >= 4 is 57.4 Å². The molecule has 204 valence electrons. The van der Waals surface area contributed by atoms with E-state index in [2.05, 4.69) is 21.9 Å². The third kappa shape index (κ3) is 4.86. The monoisotopic (exact) mass is 573 g/mol. The average molecular weight is 574 g/mol. The van der Waals surface area contributed by atoms with Crippen LogP contribution in [0.15, 0.2) is 75.1 Å². The second-order valence-electron chi connectivity index (χ2n) is 9.56. The Hall–Kier alpha value is -4.09. The highest BCUT2D eigenvalue weighted by Gasteiger charge is 2.34. The molecule has 6 rings (SSSR count). The van der Waals surface area contributed by atoms with Crippen LogP contribution >= 0.6 is 24.0 Å². The Morgan fingerprint density at radius 2 is 1.80 bits per heavy atom. The summed E-state index contributed by atoms with van der Waals surface area (Å²) in [6, 6.07) is 15.3. The SMILES string of the molecule is COc1ccc(N2CCN(c3nc4c(C)cccn4c(=O)c3C=C3SC(=S)N(Cc4ccco4)C3=O)CC2)cc1. The van der Waals surface area contributed by atoms with Crippen LogP contribution in [0.25, 0.3) is 11.7 Å². The van der Waals surface area contributed by atoms with Crippen LogP contribution in [-0.2, 0) is 11.3 Å². The Kier molecular flexibility index (Phi) is 7.07. The summed E-state index contributed by atoms with van der Waals surface area (Å²) in [5.41, 5.74) is 2.76. The van der Waals surface area contributed by atoms with Gasteiger partial charge in [0.1, 0.15) is 27.3 Å². The number of benzene rings is 1. The second-order valence-corrected chi connectivity index (χ2v) is 11.2. The van der Waals surface area contributed by atoms with Crippen molar-refractivity contribution in [3.8, 4) is 5.75 Å². The molecule has 1 aromatic carbocycles. The standard InChI is InChI=1S/C29H27N5O4S2/c1-19-5-3-11-33-25(19)30-26(32-14-12-31(13-15-32)20-7-9-21(37-2)10-8-20)23(27(33)35)17-24-28(36)34(29(39)40-24)18-22-6-4-16-38-22/h3-11,16-17H,12-15,18H2,1-2H3. The van der Waals surface area contributed by atoms with Crippen LogP contribution in [0.1, 0.15) is 16.9 Å². The summed E-state index contributed by atoms with van der Waals surface area (Å²) >= 11 is 6.69. The molecule has 3 aromatic heterocycles. The van der Waals surface area contributed by atoms with Gasteiger partial charge in [-0.2, -0.15) is 0 Å². The van der Waals surface area contributed by atoms with Gasteiger partial charge < -0.3 is 19.0 Å². The molecule has 0 radical (unpaired) electrons. The minimum Gasteiger partial charge on any atom is -0.497 e. The maximum atomic E-state index is 13.9. The number of piperazine rings is 1. The molecule has 2 saturated heterocycles. The molecule has 1 amide bonds. The average Bonchev–Trinajstić information content (AvgIpc) is 3.59. The van der Waals surface area contributed by atoms with Gasteiger partial charge >= 0.3 is 0 Å². The Bertz CT molecular complexity index is 1670. The van der Waals surface area contributed by atoms with Crippen LogP contribution in [0.2, 0.25) is 0 Å². The topological polar surface area (TPSA) is 83.5 Å². The number of ether oxygens (including phenoxy) is 1. The van der Waals surface area contributed by atoms with E-state index < -0.39 is 0 Å². The summed E-state index contributed by atoms with van der Waals surface area (Å²) in [5.74, 6) is 1.77. The summed E-state index contributed by atoms with van der Waals surface area (Å²) < 4.78 is 12.7. The molecule has 0 spiro atoms. The maximum Gasteiger partial charge on any atom is 0.267 e. The number of methoxy groups -OCH3 is 1. The number of furan rings is 1. The number of hydrogen-bond acceptors (Lipinski definition) is 9. The maximum absolute atomic E-state index is 13.9. The molecule has 0 saturated carbocycles. The first-order valence-corrected chi connectivity index (χ1v) is 14.1. The first kappa shape index (κ1) is 26.1. The van der Waals surface area contributed by atoms with Crippen LogP contribution in [0.3, 0.4) is 0 Å². The van der Waals surface area contributed by atoms with Crippen LogP contribution in [0.5, 0.6) is 5.75 Å². The van der Waals surface area contributed by atoms with Crippen molar-refractivity contribution in [2.45, 2.75) is 13.5 Å². The number of nitrogens with zero attached hydrogens (tertiary/aromatic N) is 5. The molecule has 2 fully saturated rings. The van der Waals surface area contributed by atoms with E-state index in [0.29, 0.717) is 45.1 Å². The molecule has 0 bridgehead atoms. The Balaban J connectivity index is 1.34. The number of amides is 1. The lowest BCUT2D eigenvalue weighted by atomic mass is 10.2. The molecular weight excluding hydrogens is 546 g/mol. The minimum atomic E-state index is -0.254. The van der Waals surface area contributed by atoms with Crippen molar-refractivity contribution in [1.29, 1.82) is 0 Å². The van der Waals surface area contributed by atoms with E-state index in [1.165, 1.54) is 16.7 Å². The molecule has 11 heteroatoms. The Morgan fingerprint density at radius 1 is 1.05 bits per heavy atom. The van der Waals surface area contributed by atoms with Gasteiger partial charge in [-0.05, 0) is 61.0 Å². The molecule has 9 nitrogen and oxygen atoms in total. The van der Waals surface area contributed by atoms with Gasteiger partial charge in [0, 0.05) is 38.1 Å². The molecule has 5 heterocycles. The summed E-state index contributed by atoms with van der Waals surface area (Å²) in [6.07, 6.45) is 4.92. The smallest absolute Gasteiger partial charge is 0.267 e. The molecule has 40 heavy (non-hydrogen) atoms. The fraction of sp³-hybridized carbons (Fsp3) is 0.241. The van der Waals surface area contributed by atoms with E-state index in [9.17, 15) is 9.59 Å². The normalized spacial score (nSPS) is 16.9. The first-order chi connectivity index (χ1) is 19.4. The number of rotatable bonds is 6. The number of fused-ring (bicyclic) bond motifs is 1. The summed E-state index contributed by atoms with van der Waals surface area (Å²) in [6.45, 7) is 5.02. The predicted molar refractivity (Wildman–Crippen MR) is 161 cm³/mol. The van der Waals surface area contributed by atoms with Crippen LogP contribution in [0, 0.1) is 6.92 Å². The lowest BCUT2D eigenvalue weighted by Crippen LogP contribution is -2.47. The van der Waals surface area contributed by atoms with Gasteiger partial charge in [0.25, 0.3) is 11.5 Å². The predicted octanol–water partition coefficient (Wildman–Crippen LogP) is 4.33. The third-order valence-corrected chi connectivity index (χ3v) is 8.50. The zero-order valence-corrected chi connectivity index (χ0v) is 23.7. The highest BCUT2D eigenvalue weighted by molar-refractivity contribution is 8.26. The van der Waals surface area contributed by atoms with Gasteiger partial charge in [-0.1, -0.05) is 30.0 Å². The van der Waals surface area contributed by atoms with Gasteiger partial charge in [0.2, 0.25) is 0 Å². The Labute approximate surface area is 240 Å². The molecule has 4 aromatic rings.